The number of para-hydroxylation sites is 1. The Morgan fingerprint density at radius 2 is 1.83 bits per heavy atom. The van der Waals surface area contributed by atoms with E-state index in [0.29, 0.717) is 24.6 Å². The number of nitrogens with zero attached hydrogens (tertiary/aromatic N) is 2. The molecule has 0 radical (unpaired) electrons. The highest BCUT2D eigenvalue weighted by Crippen LogP contribution is 2.20. The van der Waals surface area contributed by atoms with Crippen LogP contribution < -0.4 is 15.4 Å². The molecule has 6 nitrogen and oxygen atoms in total. The van der Waals surface area contributed by atoms with Crippen molar-refractivity contribution in [1.82, 2.24) is 15.3 Å². The van der Waals surface area contributed by atoms with Gasteiger partial charge in [0.05, 0.1) is 7.11 Å². The normalized spacial score (nSPS) is 10.5. The second-order valence-electron chi connectivity index (χ2n) is 6.98. The van der Waals surface area contributed by atoms with Crippen LogP contribution in [0.4, 0.5) is 11.6 Å². The lowest BCUT2D eigenvalue weighted by atomic mass is 10.1. The van der Waals surface area contributed by atoms with Crippen molar-refractivity contribution in [2.75, 3.05) is 19.0 Å². The fraction of sp³-hybridized carbons (Fsp3) is 0.261. The Hall–Kier alpha value is -3.41. The molecule has 0 aliphatic rings. The molecule has 0 spiro atoms. The van der Waals surface area contributed by atoms with Crippen molar-refractivity contribution in [3.05, 3.63) is 76.6 Å². The van der Waals surface area contributed by atoms with Gasteiger partial charge in [-0.15, -0.1) is 0 Å². The van der Waals surface area contributed by atoms with Gasteiger partial charge in [-0.1, -0.05) is 35.9 Å². The molecule has 0 aliphatic carbocycles. The Labute approximate surface area is 171 Å². The van der Waals surface area contributed by atoms with Gasteiger partial charge < -0.3 is 15.4 Å². The number of amides is 1. The van der Waals surface area contributed by atoms with Crippen molar-refractivity contribution in [3.8, 4) is 5.75 Å². The summed E-state index contributed by atoms with van der Waals surface area (Å²) in [6.45, 7) is 6.41. The van der Waals surface area contributed by atoms with Crippen LogP contribution in [0.2, 0.25) is 0 Å². The maximum absolute atomic E-state index is 12.6. The summed E-state index contributed by atoms with van der Waals surface area (Å²) in [4.78, 5) is 21.4. The van der Waals surface area contributed by atoms with Gasteiger partial charge in [0.25, 0.3) is 5.91 Å². The highest BCUT2D eigenvalue weighted by Gasteiger charge is 2.12. The molecule has 0 saturated heterocycles. The number of nitrogens with one attached hydrogen (secondary N) is 2. The Bertz CT molecular complexity index is 1020. The predicted molar refractivity (Wildman–Crippen MR) is 115 cm³/mol. The minimum atomic E-state index is -0.228. The molecule has 0 aliphatic heterocycles. The molecule has 29 heavy (non-hydrogen) atoms. The van der Waals surface area contributed by atoms with E-state index < -0.39 is 0 Å². The first-order valence-electron chi connectivity index (χ1n) is 9.56. The van der Waals surface area contributed by atoms with E-state index in [0.717, 1.165) is 28.3 Å². The number of hydrogen-bond donors (Lipinski definition) is 2. The number of anilines is 2. The van der Waals surface area contributed by atoms with Crippen LogP contribution in [0.15, 0.2) is 48.5 Å². The summed E-state index contributed by atoms with van der Waals surface area (Å²) >= 11 is 0. The van der Waals surface area contributed by atoms with Crippen LogP contribution >= 0.6 is 0 Å². The molecule has 0 bridgehead atoms. The highest BCUT2D eigenvalue weighted by atomic mass is 16.5. The van der Waals surface area contributed by atoms with Crippen molar-refractivity contribution in [1.29, 1.82) is 0 Å². The molecule has 1 aromatic heterocycles. The van der Waals surface area contributed by atoms with E-state index in [2.05, 4.69) is 26.7 Å². The number of carbonyl (C=O) groups is 1. The number of carbonyl (C=O) groups excluding carboxylic acids is 1. The Balaban J connectivity index is 1.67. The number of rotatable bonds is 7. The molecule has 0 saturated carbocycles. The summed E-state index contributed by atoms with van der Waals surface area (Å²) < 4.78 is 5.35. The van der Waals surface area contributed by atoms with Gasteiger partial charge in [0.1, 0.15) is 11.4 Å². The van der Waals surface area contributed by atoms with Crippen LogP contribution in [0, 0.1) is 20.8 Å². The van der Waals surface area contributed by atoms with Gasteiger partial charge in [0, 0.05) is 17.9 Å². The lowest BCUT2D eigenvalue weighted by molar-refractivity contribution is 0.0949. The van der Waals surface area contributed by atoms with Gasteiger partial charge in [-0.2, -0.15) is 0 Å². The van der Waals surface area contributed by atoms with Crippen LogP contribution in [0.1, 0.15) is 32.9 Å². The average Bonchev–Trinajstić information content (AvgIpc) is 2.70. The maximum atomic E-state index is 12.6. The van der Waals surface area contributed by atoms with Crippen LogP contribution in [0.5, 0.6) is 5.75 Å². The Kier molecular flexibility index (Phi) is 6.44. The van der Waals surface area contributed by atoms with Crippen LogP contribution in [0.25, 0.3) is 0 Å². The summed E-state index contributed by atoms with van der Waals surface area (Å²) in [5, 5.41) is 6.14. The SMILES string of the molecule is COc1ccccc1CCNC(=O)c1cc(C)nc(Nc2ccc(C)cc2C)n1. The number of ether oxygens (including phenoxy) is 1. The molecule has 6 heteroatoms. The van der Waals surface area contributed by atoms with Gasteiger partial charge in [-0.3, -0.25) is 4.79 Å². The fourth-order valence-corrected chi connectivity index (χ4v) is 3.13. The Morgan fingerprint density at radius 1 is 1.03 bits per heavy atom. The highest BCUT2D eigenvalue weighted by molar-refractivity contribution is 5.92. The minimum absolute atomic E-state index is 0.228. The van der Waals surface area contributed by atoms with E-state index in [1.807, 2.05) is 57.2 Å². The third-order valence-corrected chi connectivity index (χ3v) is 4.59. The molecule has 0 atom stereocenters. The van der Waals surface area contributed by atoms with Crippen molar-refractivity contribution in [2.24, 2.45) is 0 Å². The molecule has 1 amide bonds. The van der Waals surface area contributed by atoms with E-state index in [1.165, 1.54) is 5.56 Å². The number of benzene rings is 2. The molecule has 3 rings (SSSR count). The third kappa shape index (κ3) is 5.31. The topological polar surface area (TPSA) is 76.1 Å². The summed E-state index contributed by atoms with van der Waals surface area (Å²) in [6, 6.07) is 15.6. The second kappa shape index (κ2) is 9.19. The fourth-order valence-electron chi connectivity index (χ4n) is 3.13. The van der Waals surface area contributed by atoms with Crippen molar-refractivity contribution >= 4 is 17.5 Å². The van der Waals surface area contributed by atoms with E-state index in [9.17, 15) is 4.79 Å². The van der Waals surface area contributed by atoms with Crippen molar-refractivity contribution in [3.63, 3.8) is 0 Å². The molecule has 2 N–H and O–H groups in total. The van der Waals surface area contributed by atoms with Gasteiger partial charge in [0.2, 0.25) is 5.95 Å². The van der Waals surface area contributed by atoms with E-state index >= 15 is 0 Å². The Morgan fingerprint density at radius 3 is 2.59 bits per heavy atom. The standard InChI is InChI=1S/C23H26N4O2/c1-15-9-10-19(16(2)13-15)26-23-25-17(3)14-20(27-23)22(28)24-12-11-18-7-5-6-8-21(18)29-4/h5-10,13-14H,11-12H2,1-4H3,(H,24,28)(H,25,26,27). The molecule has 2 aromatic carbocycles. The van der Waals surface area contributed by atoms with Gasteiger partial charge in [-0.25, -0.2) is 9.97 Å². The maximum Gasteiger partial charge on any atom is 0.270 e. The number of methoxy groups -OCH3 is 1. The molecular formula is C23H26N4O2. The number of aryl methyl sites for hydroxylation is 3. The molecule has 3 aromatic rings. The summed E-state index contributed by atoms with van der Waals surface area (Å²) in [7, 11) is 1.64. The molecule has 150 valence electrons. The third-order valence-electron chi connectivity index (χ3n) is 4.59. The summed E-state index contributed by atoms with van der Waals surface area (Å²) in [5.41, 5.74) is 5.31. The van der Waals surface area contributed by atoms with Crippen molar-refractivity contribution < 1.29 is 9.53 Å². The zero-order valence-corrected chi connectivity index (χ0v) is 17.2. The summed E-state index contributed by atoms with van der Waals surface area (Å²) in [5.74, 6) is 1.00. The molecule has 0 unspecified atom stereocenters. The van der Waals surface area contributed by atoms with E-state index in [1.54, 1.807) is 13.2 Å². The van der Waals surface area contributed by atoms with E-state index in [4.69, 9.17) is 4.74 Å². The molecule has 0 fully saturated rings. The first kappa shape index (κ1) is 20.3. The first-order valence-corrected chi connectivity index (χ1v) is 9.56. The lowest BCUT2D eigenvalue weighted by Gasteiger charge is -2.11. The second-order valence-corrected chi connectivity index (χ2v) is 6.98. The predicted octanol–water partition coefficient (Wildman–Crippen LogP) is 4.13. The smallest absolute Gasteiger partial charge is 0.270 e. The lowest BCUT2D eigenvalue weighted by Crippen LogP contribution is -2.27. The number of aromatic nitrogens is 2. The quantitative estimate of drug-likeness (QED) is 0.634. The van der Waals surface area contributed by atoms with Crippen LogP contribution in [-0.2, 0) is 6.42 Å². The first-order chi connectivity index (χ1) is 14.0. The van der Waals surface area contributed by atoms with Gasteiger partial charge in [0.15, 0.2) is 0 Å². The number of hydrogen-bond acceptors (Lipinski definition) is 5. The zero-order chi connectivity index (χ0) is 20.8. The summed E-state index contributed by atoms with van der Waals surface area (Å²) in [6.07, 6.45) is 0.674. The van der Waals surface area contributed by atoms with Gasteiger partial charge >= 0.3 is 0 Å². The monoisotopic (exact) mass is 390 g/mol. The van der Waals surface area contributed by atoms with Crippen LogP contribution in [-0.4, -0.2) is 29.5 Å². The minimum Gasteiger partial charge on any atom is -0.496 e. The molecular weight excluding hydrogens is 364 g/mol. The van der Waals surface area contributed by atoms with Crippen LogP contribution in [0.3, 0.4) is 0 Å². The largest absolute Gasteiger partial charge is 0.496 e. The zero-order valence-electron chi connectivity index (χ0n) is 17.2. The van der Waals surface area contributed by atoms with E-state index in [-0.39, 0.29) is 5.91 Å². The van der Waals surface area contributed by atoms with Crippen molar-refractivity contribution in [2.45, 2.75) is 27.2 Å². The van der Waals surface area contributed by atoms with Gasteiger partial charge in [-0.05, 0) is 56.5 Å². The molecule has 1 heterocycles. The average molecular weight is 390 g/mol.